The van der Waals surface area contributed by atoms with E-state index in [4.69, 9.17) is 16.3 Å². The third kappa shape index (κ3) is 5.20. The van der Waals surface area contributed by atoms with Gasteiger partial charge in [0.2, 0.25) is 11.9 Å². The molecule has 1 amide bonds. The Morgan fingerprint density at radius 1 is 1.40 bits per heavy atom. The van der Waals surface area contributed by atoms with E-state index in [1.54, 1.807) is 11.9 Å². The molecule has 0 aromatic carbocycles. The van der Waals surface area contributed by atoms with E-state index in [9.17, 15) is 19.1 Å². The quantitative estimate of drug-likeness (QED) is 0.157. The smallest absolute Gasteiger partial charge is 0.343 e. The van der Waals surface area contributed by atoms with Crippen molar-refractivity contribution in [2.24, 2.45) is 4.99 Å². The number of carbonyl (C=O) groups is 2. The number of alkyl halides is 1. The van der Waals surface area contributed by atoms with Gasteiger partial charge >= 0.3 is 5.97 Å². The van der Waals surface area contributed by atoms with E-state index < -0.39 is 23.2 Å². The van der Waals surface area contributed by atoms with Gasteiger partial charge in [-0.2, -0.15) is 4.39 Å². The number of hydrogen-bond acceptors (Lipinski definition) is 7. The van der Waals surface area contributed by atoms with Crippen molar-refractivity contribution >= 4 is 29.7 Å². The first kappa shape index (κ1) is 22.3. The summed E-state index contributed by atoms with van der Waals surface area (Å²) in [5.74, 6) is -1.88. The number of hydrogen-bond donors (Lipinski definition) is 2. The summed E-state index contributed by atoms with van der Waals surface area (Å²) in [7, 11) is 0. The summed E-state index contributed by atoms with van der Waals surface area (Å²) in [4.78, 5) is 27.9. The zero-order valence-electron chi connectivity index (χ0n) is 17.0. The van der Waals surface area contributed by atoms with Crippen LogP contribution in [0.5, 0.6) is 0 Å². The number of aliphatic imine (C=N–C) groups is 1. The lowest BCUT2D eigenvalue weighted by molar-refractivity contribution is -0.138. The predicted octanol–water partition coefficient (Wildman–Crippen LogP) is 2.34. The van der Waals surface area contributed by atoms with E-state index in [0.717, 1.165) is 12.8 Å². The molecule has 0 bridgehead atoms. The molecule has 0 spiro atoms. The second kappa shape index (κ2) is 9.61. The molecule has 3 rings (SSSR count). The highest BCUT2D eigenvalue weighted by Crippen LogP contribution is 2.33. The van der Waals surface area contributed by atoms with Crippen molar-refractivity contribution in [3.8, 4) is 0 Å². The number of esters is 1. The molecule has 2 unspecified atom stereocenters. The number of hydrazine groups is 1. The Bertz CT molecular complexity index is 822. The molecule has 2 aliphatic heterocycles. The summed E-state index contributed by atoms with van der Waals surface area (Å²) in [5.41, 5.74) is -1.05. The Labute approximate surface area is 179 Å². The summed E-state index contributed by atoms with van der Waals surface area (Å²) in [6, 6.07) is 0.0111. The van der Waals surface area contributed by atoms with Crippen molar-refractivity contribution in [2.45, 2.75) is 50.7 Å². The van der Waals surface area contributed by atoms with E-state index in [0.29, 0.717) is 19.5 Å². The fourth-order valence-electron chi connectivity index (χ4n) is 3.35. The molecule has 1 saturated heterocycles. The molecule has 30 heavy (non-hydrogen) atoms. The fourth-order valence-corrected chi connectivity index (χ4v) is 3.74. The average molecular weight is 441 g/mol. The van der Waals surface area contributed by atoms with Gasteiger partial charge in [0.1, 0.15) is 16.8 Å². The second-order valence-corrected chi connectivity index (χ2v) is 7.80. The third-order valence-electron chi connectivity index (χ3n) is 4.95. The van der Waals surface area contributed by atoms with E-state index in [1.807, 2.05) is 0 Å². The van der Waals surface area contributed by atoms with E-state index in [-0.39, 0.29) is 35.7 Å². The van der Waals surface area contributed by atoms with Crippen LogP contribution in [0.4, 0.5) is 4.39 Å². The highest BCUT2D eigenvalue weighted by Gasteiger charge is 2.37. The lowest BCUT2D eigenvalue weighted by atomic mass is 10.1. The van der Waals surface area contributed by atoms with Gasteiger partial charge in [-0.05, 0) is 38.3 Å². The van der Waals surface area contributed by atoms with Gasteiger partial charge in [0.05, 0.1) is 12.6 Å². The van der Waals surface area contributed by atoms with E-state index in [2.05, 4.69) is 10.3 Å². The maximum absolute atomic E-state index is 14.6. The Balaban J connectivity index is 1.84. The first-order chi connectivity index (χ1) is 14.3. The average Bonchev–Trinajstić information content (AvgIpc) is 3.40. The van der Waals surface area contributed by atoms with Gasteiger partial charge in [-0.15, -0.1) is 0 Å². The first-order valence-electron chi connectivity index (χ1n) is 9.98. The van der Waals surface area contributed by atoms with Crippen molar-refractivity contribution in [3.05, 3.63) is 35.0 Å². The molecule has 2 heterocycles. The topological polar surface area (TPSA) is 94.5 Å². The number of ether oxygens (including phenoxy) is 1. The number of amides is 1. The number of allylic oxidation sites excluding steroid dienone is 2. The molecule has 10 heteroatoms. The number of carbonyl (C=O) groups excluding carboxylic acids is 2. The normalized spacial score (nSPS) is 25.7. The van der Waals surface area contributed by atoms with Crippen molar-refractivity contribution in [1.29, 1.82) is 0 Å². The van der Waals surface area contributed by atoms with Crippen LogP contribution in [0.3, 0.4) is 0 Å². The highest BCUT2D eigenvalue weighted by molar-refractivity contribution is 6.23. The van der Waals surface area contributed by atoms with Crippen LogP contribution in [-0.2, 0) is 14.3 Å². The molecule has 2 fully saturated rings. The minimum absolute atomic E-state index is 0.117. The Morgan fingerprint density at radius 3 is 2.77 bits per heavy atom. The van der Waals surface area contributed by atoms with Gasteiger partial charge in [0, 0.05) is 37.8 Å². The standard InChI is InChI=1S/C20H26ClFN4O4/c1-3-30-20(29)16(10-23-13-4-5-13)18(28)15-6-7-17(22)26(19(15)21)25-9-8-14(11-25)24-12(2)27/h6-7,10,13-14,19,28H,3-5,8-9,11H2,1-2H3,(H,24,27). The maximum atomic E-state index is 14.6. The van der Waals surface area contributed by atoms with Gasteiger partial charge in [0.25, 0.3) is 0 Å². The van der Waals surface area contributed by atoms with Gasteiger partial charge in [0.15, 0.2) is 0 Å². The zero-order chi connectivity index (χ0) is 21.8. The van der Waals surface area contributed by atoms with E-state index >= 15 is 0 Å². The first-order valence-corrected chi connectivity index (χ1v) is 10.4. The number of nitrogens with zero attached hydrogens (tertiary/aromatic N) is 3. The molecule has 2 N–H and O–H groups in total. The Kier molecular flexibility index (Phi) is 7.14. The third-order valence-corrected chi connectivity index (χ3v) is 5.37. The van der Waals surface area contributed by atoms with Crippen LogP contribution in [0.1, 0.15) is 33.1 Å². The summed E-state index contributed by atoms with van der Waals surface area (Å²) < 4.78 is 19.7. The summed E-state index contributed by atoms with van der Waals surface area (Å²) >= 11 is 6.53. The largest absolute Gasteiger partial charge is 0.507 e. The van der Waals surface area contributed by atoms with Gasteiger partial charge in [-0.1, -0.05) is 11.6 Å². The van der Waals surface area contributed by atoms with Crippen molar-refractivity contribution in [1.82, 2.24) is 15.3 Å². The lowest BCUT2D eigenvalue weighted by Gasteiger charge is -2.38. The highest BCUT2D eigenvalue weighted by atomic mass is 35.5. The zero-order valence-corrected chi connectivity index (χ0v) is 17.7. The molecule has 0 radical (unpaired) electrons. The fraction of sp³-hybridized carbons (Fsp3) is 0.550. The number of halogens is 2. The lowest BCUT2D eigenvalue weighted by Crippen LogP contribution is -2.47. The molecular weight excluding hydrogens is 415 g/mol. The number of rotatable bonds is 7. The van der Waals surface area contributed by atoms with Crippen LogP contribution in [0.2, 0.25) is 0 Å². The van der Waals surface area contributed by atoms with Gasteiger partial charge < -0.3 is 15.2 Å². The van der Waals surface area contributed by atoms with E-state index in [1.165, 1.54) is 30.3 Å². The summed E-state index contributed by atoms with van der Waals surface area (Å²) in [6.45, 7) is 4.07. The monoisotopic (exact) mass is 440 g/mol. The summed E-state index contributed by atoms with van der Waals surface area (Å²) in [5, 5.41) is 16.5. The number of aliphatic hydroxyl groups excluding tert-OH is 1. The SMILES string of the molecule is CCOC(=O)C(C=NC1CC1)=C(O)C1=CC=C(F)N(N2CCC(NC(C)=O)C2)C1Cl. The van der Waals surface area contributed by atoms with Crippen LogP contribution in [0.15, 0.2) is 40.0 Å². The van der Waals surface area contributed by atoms with Crippen LogP contribution < -0.4 is 5.32 Å². The summed E-state index contributed by atoms with van der Waals surface area (Å²) in [6.07, 6.45) is 6.31. The van der Waals surface area contributed by atoms with Crippen LogP contribution in [-0.4, -0.2) is 70.5 Å². The Hall–Kier alpha value is -2.39. The predicted molar refractivity (Wildman–Crippen MR) is 110 cm³/mol. The maximum Gasteiger partial charge on any atom is 0.343 e. The number of nitrogens with one attached hydrogen (secondary N) is 1. The van der Waals surface area contributed by atoms with Crippen LogP contribution in [0, 0.1) is 0 Å². The number of aliphatic hydroxyl groups is 1. The van der Waals surface area contributed by atoms with Crippen LogP contribution in [0.25, 0.3) is 0 Å². The molecule has 1 aliphatic carbocycles. The second-order valence-electron chi connectivity index (χ2n) is 7.38. The van der Waals surface area contributed by atoms with Gasteiger partial charge in [-0.25, -0.2) is 9.80 Å². The minimum Gasteiger partial charge on any atom is -0.507 e. The molecule has 0 aromatic rings. The van der Waals surface area contributed by atoms with Crippen LogP contribution >= 0.6 is 11.6 Å². The molecule has 164 valence electrons. The molecule has 1 saturated carbocycles. The van der Waals surface area contributed by atoms with Crippen molar-refractivity contribution < 1.29 is 23.8 Å². The molecule has 3 aliphatic rings. The van der Waals surface area contributed by atoms with Gasteiger partial charge in [-0.3, -0.25) is 14.8 Å². The molecule has 2 atom stereocenters. The molecular formula is C20H26ClFN4O4. The molecule has 8 nitrogen and oxygen atoms in total. The minimum atomic E-state index is -1.09. The van der Waals surface area contributed by atoms with Crippen molar-refractivity contribution in [2.75, 3.05) is 19.7 Å². The Morgan fingerprint density at radius 2 is 2.13 bits per heavy atom. The van der Waals surface area contributed by atoms with Crippen molar-refractivity contribution in [3.63, 3.8) is 0 Å². The molecule has 0 aromatic heterocycles.